The summed E-state index contributed by atoms with van der Waals surface area (Å²) in [4.78, 5) is 1.58. The molecule has 6 heteroatoms. The third kappa shape index (κ3) is 4.88. The van der Waals surface area contributed by atoms with Crippen molar-refractivity contribution in [2.75, 3.05) is 39.4 Å². The van der Waals surface area contributed by atoms with Gasteiger partial charge < -0.3 is 15.0 Å². The van der Waals surface area contributed by atoms with E-state index in [2.05, 4.69) is 15.8 Å². The Bertz CT molecular complexity index is 294. The summed E-state index contributed by atoms with van der Waals surface area (Å²) in [6, 6.07) is 0. The average Bonchev–Trinajstić information content (AvgIpc) is 2.91. The SMILES string of the molecule is S=C(NCC[NH+]1CCOCC1)NN=C1CCCC1. The van der Waals surface area contributed by atoms with Crippen LogP contribution in [0.3, 0.4) is 0 Å². The molecule has 1 saturated carbocycles. The number of thiocarbonyl (C=S) groups is 1. The van der Waals surface area contributed by atoms with E-state index in [1.807, 2.05) is 0 Å². The van der Waals surface area contributed by atoms with Crippen LogP contribution in [0.5, 0.6) is 0 Å². The molecule has 0 aromatic heterocycles. The van der Waals surface area contributed by atoms with Crippen LogP contribution >= 0.6 is 12.2 Å². The van der Waals surface area contributed by atoms with Crippen LogP contribution in [-0.2, 0) is 4.74 Å². The fraction of sp³-hybridized carbons (Fsp3) is 0.833. The first-order valence-electron chi connectivity index (χ1n) is 6.85. The largest absolute Gasteiger partial charge is 0.370 e. The van der Waals surface area contributed by atoms with Crippen LogP contribution in [-0.4, -0.2) is 50.2 Å². The highest BCUT2D eigenvalue weighted by atomic mass is 32.1. The van der Waals surface area contributed by atoms with E-state index in [9.17, 15) is 0 Å². The van der Waals surface area contributed by atoms with E-state index < -0.39 is 0 Å². The molecule has 0 amide bonds. The van der Waals surface area contributed by atoms with Crippen molar-refractivity contribution in [2.45, 2.75) is 25.7 Å². The van der Waals surface area contributed by atoms with Gasteiger partial charge in [0.15, 0.2) is 5.11 Å². The number of ether oxygens (including phenoxy) is 1. The maximum absolute atomic E-state index is 5.33. The Hall–Kier alpha value is -0.720. The molecule has 3 N–H and O–H groups in total. The fourth-order valence-corrected chi connectivity index (χ4v) is 2.47. The molecule has 2 aliphatic rings. The predicted octanol–water partition coefficient (Wildman–Crippen LogP) is -0.704. The summed E-state index contributed by atoms with van der Waals surface area (Å²) < 4.78 is 5.33. The third-order valence-electron chi connectivity index (χ3n) is 3.46. The van der Waals surface area contributed by atoms with Crippen molar-refractivity contribution in [3.63, 3.8) is 0 Å². The first-order valence-corrected chi connectivity index (χ1v) is 7.26. The molecule has 2 fully saturated rings. The Morgan fingerprint density at radius 1 is 1.28 bits per heavy atom. The summed E-state index contributed by atoms with van der Waals surface area (Å²) in [5, 5.41) is 8.17. The summed E-state index contributed by atoms with van der Waals surface area (Å²) in [7, 11) is 0. The number of morpholine rings is 1. The van der Waals surface area contributed by atoms with Crippen LogP contribution < -0.4 is 15.6 Å². The van der Waals surface area contributed by atoms with Crippen molar-refractivity contribution in [3.8, 4) is 0 Å². The van der Waals surface area contributed by atoms with Gasteiger partial charge in [-0.1, -0.05) is 0 Å². The number of rotatable bonds is 4. The molecule has 1 aliphatic carbocycles. The van der Waals surface area contributed by atoms with Crippen LogP contribution in [0.15, 0.2) is 5.10 Å². The molecule has 0 bridgehead atoms. The minimum Gasteiger partial charge on any atom is -0.370 e. The van der Waals surface area contributed by atoms with Crippen LogP contribution in [0.1, 0.15) is 25.7 Å². The molecule has 0 radical (unpaired) electrons. The van der Waals surface area contributed by atoms with Gasteiger partial charge in [0, 0.05) is 5.71 Å². The quantitative estimate of drug-likeness (QED) is 0.467. The van der Waals surface area contributed by atoms with Crippen molar-refractivity contribution < 1.29 is 9.64 Å². The lowest BCUT2D eigenvalue weighted by molar-refractivity contribution is -0.906. The highest BCUT2D eigenvalue weighted by Crippen LogP contribution is 2.13. The second-order valence-corrected chi connectivity index (χ2v) is 5.27. The van der Waals surface area contributed by atoms with Crippen LogP contribution in [0.4, 0.5) is 0 Å². The van der Waals surface area contributed by atoms with E-state index in [0.717, 1.165) is 52.2 Å². The van der Waals surface area contributed by atoms with Crippen molar-refractivity contribution in [2.24, 2.45) is 5.10 Å². The summed E-state index contributed by atoms with van der Waals surface area (Å²) in [6.07, 6.45) is 4.77. The monoisotopic (exact) mass is 271 g/mol. The lowest BCUT2D eigenvalue weighted by Crippen LogP contribution is -3.14. The molecule has 2 rings (SSSR count). The topological polar surface area (TPSA) is 50.1 Å². The van der Waals surface area contributed by atoms with Gasteiger partial charge in [-0.2, -0.15) is 5.10 Å². The molecule has 0 aromatic carbocycles. The maximum atomic E-state index is 5.33. The minimum atomic E-state index is 0.641. The van der Waals surface area contributed by atoms with Gasteiger partial charge >= 0.3 is 0 Å². The van der Waals surface area contributed by atoms with Gasteiger partial charge in [-0.05, 0) is 37.9 Å². The Morgan fingerprint density at radius 3 is 2.72 bits per heavy atom. The summed E-state index contributed by atoms with van der Waals surface area (Å²) in [5.41, 5.74) is 4.18. The number of hydrogen-bond acceptors (Lipinski definition) is 3. The average molecular weight is 271 g/mol. The van der Waals surface area contributed by atoms with E-state index in [0.29, 0.717) is 5.11 Å². The number of nitrogens with zero attached hydrogens (tertiary/aromatic N) is 1. The number of quaternary nitrogens is 1. The zero-order valence-corrected chi connectivity index (χ0v) is 11.7. The molecule has 102 valence electrons. The Morgan fingerprint density at radius 2 is 2.00 bits per heavy atom. The summed E-state index contributed by atoms with van der Waals surface area (Å²) in [5.74, 6) is 0. The minimum absolute atomic E-state index is 0.641. The molecule has 1 heterocycles. The normalized spacial score (nSPS) is 20.8. The van der Waals surface area contributed by atoms with Crippen LogP contribution in [0, 0.1) is 0 Å². The molecule has 0 aromatic rings. The summed E-state index contributed by atoms with van der Waals surface area (Å²) in [6.45, 7) is 5.94. The molecule has 0 spiro atoms. The maximum Gasteiger partial charge on any atom is 0.187 e. The van der Waals surface area contributed by atoms with Crippen molar-refractivity contribution in [1.82, 2.24) is 10.7 Å². The van der Waals surface area contributed by atoms with Gasteiger partial charge in [-0.3, -0.25) is 5.43 Å². The lowest BCUT2D eigenvalue weighted by atomic mass is 10.3. The number of hydrazone groups is 1. The molecule has 1 saturated heterocycles. The second kappa shape index (κ2) is 7.66. The van der Waals surface area contributed by atoms with Gasteiger partial charge in [0.1, 0.15) is 13.1 Å². The van der Waals surface area contributed by atoms with Crippen molar-refractivity contribution >= 4 is 23.0 Å². The van der Waals surface area contributed by atoms with E-state index in [1.165, 1.54) is 18.6 Å². The van der Waals surface area contributed by atoms with Gasteiger partial charge in [0.25, 0.3) is 0 Å². The Labute approximate surface area is 114 Å². The molecule has 18 heavy (non-hydrogen) atoms. The molecular formula is C12H23N4OS+. The zero-order chi connectivity index (χ0) is 12.6. The van der Waals surface area contributed by atoms with Gasteiger partial charge in [-0.25, -0.2) is 0 Å². The Kier molecular flexibility index (Phi) is 5.83. The highest BCUT2D eigenvalue weighted by Gasteiger charge is 2.13. The van der Waals surface area contributed by atoms with E-state index in [4.69, 9.17) is 17.0 Å². The first-order chi connectivity index (χ1) is 8.84. The second-order valence-electron chi connectivity index (χ2n) is 4.87. The lowest BCUT2D eigenvalue weighted by Gasteiger charge is -2.23. The smallest absolute Gasteiger partial charge is 0.187 e. The molecular weight excluding hydrogens is 248 g/mol. The standard InChI is InChI=1S/C12H22N4OS/c18-12(15-14-11-3-1-2-4-11)13-5-6-16-7-9-17-10-8-16/h1-10H2,(H2,13,15,18)/p+1. The van der Waals surface area contributed by atoms with E-state index >= 15 is 0 Å². The van der Waals surface area contributed by atoms with E-state index in [1.54, 1.807) is 4.90 Å². The van der Waals surface area contributed by atoms with Gasteiger partial charge in [0.05, 0.1) is 26.3 Å². The van der Waals surface area contributed by atoms with E-state index in [-0.39, 0.29) is 0 Å². The summed E-state index contributed by atoms with van der Waals surface area (Å²) >= 11 is 5.19. The van der Waals surface area contributed by atoms with Crippen molar-refractivity contribution in [3.05, 3.63) is 0 Å². The Balaban J connectivity index is 1.55. The molecule has 0 atom stereocenters. The van der Waals surface area contributed by atoms with Crippen LogP contribution in [0.2, 0.25) is 0 Å². The molecule has 0 unspecified atom stereocenters. The van der Waals surface area contributed by atoms with Crippen LogP contribution in [0.25, 0.3) is 0 Å². The third-order valence-corrected chi connectivity index (χ3v) is 3.70. The number of nitrogens with one attached hydrogen (secondary N) is 3. The fourth-order valence-electron chi connectivity index (χ4n) is 2.33. The molecule has 1 aliphatic heterocycles. The van der Waals surface area contributed by atoms with Gasteiger partial charge in [-0.15, -0.1) is 0 Å². The van der Waals surface area contributed by atoms with Crippen molar-refractivity contribution in [1.29, 1.82) is 0 Å². The first kappa shape index (κ1) is 13.7. The number of hydrogen-bond donors (Lipinski definition) is 3. The highest BCUT2D eigenvalue weighted by molar-refractivity contribution is 7.80. The predicted molar refractivity (Wildman–Crippen MR) is 76.0 cm³/mol. The zero-order valence-electron chi connectivity index (χ0n) is 10.8. The van der Waals surface area contributed by atoms with Gasteiger partial charge in [0.2, 0.25) is 0 Å². The molecule has 5 nitrogen and oxygen atoms in total.